The monoisotopic (exact) mass is 216 g/mol. The molecule has 2 aromatic rings. The Morgan fingerprint density at radius 3 is 3.00 bits per heavy atom. The van der Waals surface area contributed by atoms with E-state index >= 15 is 0 Å². The topological polar surface area (TPSA) is 56.7 Å². The van der Waals surface area contributed by atoms with Gasteiger partial charge in [-0.3, -0.25) is 4.98 Å². The van der Waals surface area contributed by atoms with E-state index in [0.29, 0.717) is 0 Å². The van der Waals surface area contributed by atoms with Gasteiger partial charge in [-0.1, -0.05) is 0 Å². The Kier molecular flexibility index (Phi) is 3.66. The number of hydrogen-bond acceptors (Lipinski definition) is 3. The van der Waals surface area contributed by atoms with E-state index in [1.807, 2.05) is 30.9 Å². The molecule has 0 radical (unpaired) electrons. The number of unbranched alkanes of at least 4 members (excludes halogenated alkanes) is 1. The van der Waals surface area contributed by atoms with Gasteiger partial charge in [-0.2, -0.15) is 0 Å². The molecule has 4 nitrogen and oxygen atoms in total. The summed E-state index contributed by atoms with van der Waals surface area (Å²) in [5, 5.41) is 0. The van der Waals surface area contributed by atoms with Gasteiger partial charge in [0.25, 0.3) is 0 Å². The number of rotatable bonds is 5. The molecule has 0 saturated heterocycles. The van der Waals surface area contributed by atoms with Crippen LogP contribution in [0.5, 0.6) is 0 Å². The summed E-state index contributed by atoms with van der Waals surface area (Å²) in [6.07, 6.45) is 9.65. The Morgan fingerprint density at radius 1 is 1.31 bits per heavy atom. The van der Waals surface area contributed by atoms with Crippen molar-refractivity contribution in [2.75, 3.05) is 6.54 Å². The Balaban J connectivity index is 2.02. The van der Waals surface area contributed by atoms with Gasteiger partial charge < -0.3 is 10.3 Å². The van der Waals surface area contributed by atoms with Gasteiger partial charge in [0.2, 0.25) is 0 Å². The summed E-state index contributed by atoms with van der Waals surface area (Å²) in [5.74, 6) is 0. The van der Waals surface area contributed by atoms with Crippen molar-refractivity contribution in [2.24, 2.45) is 5.73 Å². The second-order valence-corrected chi connectivity index (χ2v) is 3.73. The maximum atomic E-state index is 5.46. The minimum atomic E-state index is 0.754. The first-order valence-corrected chi connectivity index (χ1v) is 5.52. The second kappa shape index (κ2) is 5.42. The number of aromatic nitrogens is 3. The molecule has 2 N–H and O–H groups in total. The molecule has 0 bridgehead atoms. The second-order valence-electron chi connectivity index (χ2n) is 3.73. The molecule has 0 fully saturated rings. The van der Waals surface area contributed by atoms with Crippen molar-refractivity contribution in [3.05, 3.63) is 37.1 Å². The van der Waals surface area contributed by atoms with Crippen LogP contribution in [0.25, 0.3) is 11.3 Å². The Bertz CT molecular complexity index is 422. The first-order chi connectivity index (χ1) is 7.90. The highest BCUT2D eigenvalue weighted by Crippen LogP contribution is 2.14. The van der Waals surface area contributed by atoms with Gasteiger partial charge in [-0.05, 0) is 31.5 Å². The Labute approximate surface area is 95.1 Å². The lowest BCUT2D eigenvalue weighted by Gasteiger charge is -1.99. The van der Waals surface area contributed by atoms with Crippen molar-refractivity contribution in [3.63, 3.8) is 0 Å². The maximum absolute atomic E-state index is 5.46. The molecule has 0 unspecified atom stereocenters. The van der Waals surface area contributed by atoms with Crippen molar-refractivity contribution < 1.29 is 0 Å². The third kappa shape index (κ3) is 2.67. The first-order valence-electron chi connectivity index (χ1n) is 5.52. The summed E-state index contributed by atoms with van der Waals surface area (Å²) in [5.41, 5.74) is 7.48. The number of pyridine rings is 1. The van der Waals surface area contributed by atoms with Crippen molar-refractivity contribution in [1.29, 1.82) is 0 Å². The molecular weight excluding hydrogens is 200 g/mol. The summed E-state index contributed by atoms with van der Waals surface area (Å²) < 4.78 is 2.10. The highest BCUT2D eigenvalue weighted by atomic mass is 15.0. The first kappa shape index (κ1) is 10.8. The summed E-state index contributed by atoms with van der Waals surface area (Å²) >= 11 is 0. The van der Waals surface area contributed by atoms with Crippen LogP contribution in [0.15, 0.2) is 37.1 Å². The van der Waals surface area contributed by atoms with E-state index in [1.165, 1.54) is 0 Å². The SMILES string of the molecule is NCCCCn1cnc(-c2cccnc2)c1. The molecular formula is C12H16N4. The van der Waals surface area contributed by atoms with Crippen molar-refractivity contribution in [1.82, 2.24) is 14.5 Å². The van der Waals surface area contributed by atoms with Crippen LogP contribution in [0.2, 0.25) is 0 Å². The van der Waals surface area contributed by atoms with Gasteiger partial charge in [-0.25, -0.2) is 4.98 Å². The Morgan fingerprint density at radius 2 is 2.25 bits per heavy atom. The third-order valence-corrected chi connectivity index (χ3v) is 2.46. The van der Waals surface area contributed by atoms with Crippen LogP contribution in [-0.4, -0.2) is 21.1 Å². The van der Waals surface area contributed by atoms with E-state index in [2.05, 4.69) is 14.5 Å². The zero-order chi connectivity index (χ0) is 11.2. The molecule has 2 heterocycles. The van der Waals surface area contributed by atoms with E-state index in [1.54, 1.807) is 6.20 Å². The summed E-state index contributed by atoms with van der Waals surface area (Å²) in [6, 6.07) is 3.93. The van der Waals surface area contributed by atoms with Crippen LogP contribution in [0.4, 0.5) is 0 Å². The quantitative estimate of drug-likeness (QED) is 0.774. The lowest BCUT2D eigenvalue weighted by atomic mass is 10.2. The fourth-order valence-electron chi connectivity index (χ4n) is 1.58. The van der Waals surface area contributed by atoms with E-state index in [9.17, 15) is 0 Å². The smallest absolute Gasteiger partial charge is 0.0953 e. The molecule has 0 saturated carbocycles. The molecule has 0 aliphatic carbocycles. The standard InChI is InChI=1S/C12H16N4/c13-5-1-2-7-16-9-12(15-10-16)11-4-3-6-14-8-11/h3-4,6,8-10H,1-2,5,7,13H2. The van der Waals surface area contributed by atoms with Crippen LogP contribution < -0.4 is 5.73 Å². The van der Waals surface area contributed by atoms with E-state index < -0.39 is 0 Å². The van der Waals surface area contributed by atoms with Crippen LogP contribution in [0.3, 0.4) is 0 Å². The zero-order valence-corrected chi connectivity index (χ0v) is 9.21. The van der Waals surface area contributed by atoms with Crippen LogP contribution in [0, 0.1) is 0 Å². The Hall–Kier alpha value is -1.68. The molecule has 0 amide bonds. The number of nitrogens with two attached hydrogens (primary N) is 1. The third-order valence-electron chi connectivity index (χ3n) is 2.46. The lowest BCUT2D eigenvalue weighted by molar-refractivity contribution is 0.614. The fraction of sp³-hybridized carbons (Fsp3) is 0.333. The molecule has 2 aromatic heterocycles. The van der Waals surface area contributed by atoms with Gasteiger partial charge in [0.15, 0.2) is 0 Å². The number of imidazole rings is 1. The van der Waals surface area contributed by atoms with Crippen molar-refractivity contribution in [2.45, 2.75) is 19.4 Å². The molecule has 16 heavy (non-hydrogen) atoms. The van der Waals surface area contributed by atoms with Gasteiger partial charge in [-0.15, -0.1) is 0 Å². The lowest BCUT2D eigenvalue weighted by Crippen LogP contribution is -2.01. The molecule has 4 heteroatoms. The molecule has 84 valence electrons. The maximum Gasteiger partial charge on any atom is 0.0953 e. The van der Waals surface area contributed by atoms with Gasteiger partial charge in [0.1, 0.15) is 0 Å². The van der Waals surface area contributed by atoms with Crippen LogP contribution in [-0.2, 0) is 6.54 Å². The largest absolute Gasteiger partial charge is 0.337 e. The van der Waals surface area contributed by atoms with E-state index in [-0.39, 0.29) is 0 Å². The number of aryl methyl sites for hydroxylation is 1. The highest BCUT2D eigenvalue weighted by molar-refractivity contribution is 5.56. The van der Waals surface area contributed by atoms with E-state index in [0.717, 1.165) is 37.2 Å². The van der Waals surface area contributed by atoms with Gasteiger partial charge in [0, 0.05) is 30.7 Å². The highest BCUT2D eigenvalue weighted by Gasteiger charge is 2.01. The molecule has 0 spiro atoms. The summed E-state index contributed by atoms with van der Waals surface area (Å²) in [7, 11) is 0. The molecule has 2 rings (SSSR count). The zero-order valence-electron chi connectivity index (χ0n) is 9.21. The molecule has 0 aliphatic heterocycles. The fourth-order valence-corrected chi connectivity index (χ4v) is 1.58. The van der Waals surface area contributed by atoms with E-state index in [4.69, 9.17) is 5.73 Å². The minimum Gasteiger partial charge on any atom is -0.337 e. The summed E-state index contributed by atoms with van der Waals surface area (Å²) in [4.78, 5) is 8.44. The molecule has 0 aromatic carbocycles. The predicted molar refractivity (Wildman–Crippen MR) is 63.7 cm³/mol. The number of nitrogens with zero attached hydrogens (tertiary/aromatic N) is 3. The van der Waals surface area contributed by atoms with Crippen LogP contribution >= 0.6 is 0 Å². The minimum absolute atomic E-state index is 0.754. The van der Waals surface area contributed by atoms with Crippen molar-refractivity contribution >= 4 is 0 Å². The average Bonchev–Trinajstić information content (AvgIpc) is 2.79. The molecule has 0 aliphatic rings. The number of hydrogen-bond donors (Lipinski definition) is 1. The molecule has 0 atom stereocenters. The van der Waals surface area contributed by atoms with Gasteiger partial charge in [0.05, 0.1) is 12.0 Å². The summed E-state index contributed by atoms with van der Waals surface area (Å²) in [6.45, 7) is 1.73. The predicted octanol–water partition coefficient (Wildman–Crippen LogP) is 1.68. The van der Waals surface area contributed by atoms with Crippen molar-refractivity contribution in [3.8, 4) is 11.3 Å². The average molecular weight is 216 g/mol. The van der Waals surface area contributed by atoms with Crippen LogP contribution in [0.1, 0.15) is 12.8 Å². The normalized spacial score (nSPS) is 10.6. The van der Waals surface area contributed by atoms with Gasteiger partial charge >= 0.3 is 0 Å².